The Morgan fingerprint density at radius 3 is 2.19 bits per heavy atom. The van der Waals surface area contributed by atoms with Crippen LogP contribution in [0.2, 0.25) is 0 Å². The SMILES string of the molecule is O=CC(CCCOC1CCCCO1)c1cc(C(F)(F)F)cc(C(F)(F)F)c1. The Morgan fingerprint density at radius 1 is 1.07 bits per heavy atom. The topological polar surface area (TPSA) is 35.5 Å². The summed E-state index contributed by atoms with van der Waals surface area (Å²) < 4.78 is 88.4. The number of benzene rings is 1. The molecule has 1 aliphatic heterocycles. The molecule has 2 rings (SSSR count). The smallest absolute Gasteiger partial charge is 0.353 e. The Labute approximate surface area is 152 Å². The maximum atomic E-state index is 12.9. The zero-order valence-electron chi connectivity index (χ0n) is 14.4. The van der Waals surface area contributed by atoms with E-state index in [2.05, 4.69) is 0 Å². The largest absolute Gasteiger partial charge is 0.416 e. The molecule has 0 bridgehead atoms. The molecule has 0 radical (unpaired) electrons. The normalized spacial score (nSPS) is 19.7. The van der Waals surface area contributed by atoms with E-state index < -0.39 is 29.4 Å². The molecule has 0 saturated carbocycles. The molecule has 0 amide bonds. The Bertz CT molecular complexity index is 588. The summed E-state index contributed by atoms with van der Waals surface area (Å²) in [7, 11) is 0. The van der Waals surface area contributed by atoms with Gasteiger partial charge in [0.05, 0.1) is 11.1 Å². The molecule has 1 aromatic rings. The van der Waals surface area contributed by atoms with Crippen LogP contribution >= 0.6 is 0 Å². The summed E-state index contributed by atoms with van der Waals surface area (Å²) in [5.74, 6) is -1.08. The number of hydrogen-bond donors (Lipinski definition) is 0. The van der Waals surface area contributed by atoms with Crippen molar-refractivity contribution in [3.05, 3.63) is 34.9 Å². The molecule has 1 aromatic carbocycles. The minimum atomic E-state index is -4.94. The average molecular weight is 398 g/mol. The third kappa shape index (κ3) is 6.49. The zero-order chi connectivity index (χ0) is 20.1. The summed E-state index contributed by atoms with van der Waals surface area (Å²) >= 11 is 0. The van der Waals surface area contributed by atoms with Gasteiger partial charge in [-0.3, -0.25) is 0 Å². The molecule has 1 fully saturated rings. The summed E-state index contributed by atoms with van der Waals surface area (Å²) in [5, 5.41) is 0. The van der Waals surface area contributed by atoms with E-state index >= 15 is 0 Å². The van der Waals surface area contributed by atoms with Crippen molar-refractivity contribution in [2.24, 2.45) is 0 Å². The minimum Gasteiger partial charge on any atom is -0.353 e. The Balaban J connectivity index is 2.06. The highest BCUT2D eigenvalue weighted by Gasteiger charge is 2.37. The first-order valence-electron chi connectivity index (χ1n) is 8.59. The molecule has 2 unspecified atom stereocenters. The number of carbonyl (C=O) groups excluding carboxylic acids is 1. The fraction of sp³-hybridized carbons (Fsp3) is 0.611. The van der Waals surface area contributed by atoms with Crippen molar-refractivity contribution in [2.45, 2.75) is 56.7 Å². The van der Waals surface area contributed by atoms with Gasteiger partial charge < -0.3 is 14.3 Å². The average Bonchev–Trinajstić information content (AvgIpc) is 2.61. The molecule has 0 spiro atoms. The first-order valence-corrected chi connectivity index (χ1v) is 8.59. The predicted octanol–water partition coefficient (Wildman–Crippen LogP) is 5.33. The van der Waals surface area contributed by atoms with Crippen molar-refractivity contribution in [3.8, 4) is 0 Å². The molecule has 0 aliphatic carbocycles. The molecule has 0 N–H and O–H groups in total. The van der Waals surface area contributed by atoms with Gasteiger partial charge in [0.15, 0.2) is 6.29 Å². The van der Waals surface area contributed by atoms with Crippen molar-refractivity contribution in [1.29, 1.82) is 0 Å². The molecule has 27 heavy (non-hydrogen) atoms. The molecular formula is C18H20F6O3. The Morgan fingerprint density at radius 2 is 1.70 bits per heavy atom. The minimum absolute atomic E-state index is 0.0505. The quantitative estimate of drug-likeness (QED) is 0.354. The van der Waals surface area contributed by atoms with Gasteiger partial charge in [-0.15, -0.1) is 0 Å². The van der Waals surface area contributed by atoms with E-state index in [1.807, 2.05) is 0 Å². The number of halogens is 6. The van der Waals surface area contributed by atoms with Crippen molar-refractivity contribution in [1.82, 2.24) is 0 Å². The second kappa shape index (κ2) is 9.05. The number of carbonyl (C=O) groups is 1. The summed E-state index contributed by atoms with van der Waals surface area (Å²) in [4.78, 5) is 11.3. The van der Waals surface area contributed by atoms with Crippen LogP contribution < -0.4 is 0 Å². The lowest BCUT2D eigenvalue weighted by molar-refractivity contribution is -0.162. The first kappa shape index (κ1) is 21.7. The lowest BCUT2D eigenvalue weighted by Crippen LogP contribution is -2.22. The van der Waals surface area contributed by atoms with Crippen LogP contribution in [0.3, 0.4) is 0 Å². The number of aldehydes is 1. The number of alkyl halides is 6. The van der Waals surface area contributed by atoms with E-state index in [4.69, 9.17) is 9.47 Å². The Kier molecular flexibility index (Phi) is 7.27. The molecule has 9 heteroatoms. The highest BCUT2D eigenvalue weighted by Crippen LogP contribution is 2.38. The van der Waals surface area contributed by atoms with E-state index in [-0.39, 0.29) is 30.9 Å². The van der Waals surface area contributed by atoms with Crippen LogP contribution in [0.15, 0.2) is 18.2 Å². The van der Waals surface area contributed by atoms with Gasteiger partial charge in [0, 0.05) is 19.1 Å². The third-order valence-corrected chi connectivity index (χ3v) is 4.30. The molecule has 3 nitrogen and oxygen atoms in total. The van der Waals surface area contributed by atoms with Crippen LogP contribution in [0.25, 0.3) is 0 Å². The van der Waals surface area contributed by atoms with Crippen LogP contribution in [-0.2, 0) is 26.6 Å². The van der Waals surface area contributed by atoms with Crippen molar-refractivity contribution >= 4 is 6.29 Å². The van der Waals surface area contributed by atoms with E-state index in [0.717, 1.165) is 19.3 Å². The van der Waals surface area contributed by atoms with E-state index in [0.29, 0.717) is 31.4 Å². The highest BCUT2D eigenvalue weighted by molar-refractivity contribution is 5.62. The summed E-state index contributed by atoms with van der Waals surface area (Å²) in [6.07, 6.45) is -6.83. The molecular weight excluding hydrogens is 378 g/mol. The molecule has 1 aliphatic rings. The number of ether oxygens (including phenoxy) is 2. The second-order valence-electron chi connectivity index (χ2n) is 6.39. The van der Waals surface area contributed by atoms with Crippen LogP contribution in [0, 0.1) is 0 Å². The standard InChI is InChI=1S/C18H20F6O3/c19-17(20,21)14-8-13(9-15(10-14)18(22,23)24)12(11-25)4-3-7-27-16-5-1-2-6-26-16/h8-12,16H,1-7H2. The fourth-order valence-electron chi connectivity index (χ4n) is 2.87. The van der Waals surface area contributed by atoms with Gasteiger partial charge in [-0.1, -0.05) is 0 Å². The third-order valence-electron chi connectivity index (χ3n) is 4.30. The van der Waals surface area contributed by atoms with Crippen LogP contribution in [0.5, 0.6) is 0 Å². The van der Waals surface area contributed by atoms with E-state index in [9.17, 15) is 31.1 Å². The molecule has 1 saturated heterocycles. The summed E-state index contributed by atoms with van der Waals surface area (Å²) in [6, 6.07) is 1.24. The van der Waals surface area contributed by atoms with Gasteiger partial charge in [-0.05, 0) is 55.9 Å². The van der Waals surface area contributed by atoms with Gasteiger partial charge >= 0.3 is 12.4 Å². The van der Waals surface area contributed by atoms with Gasteiger partial charge in [0.25, 0.3) is 0 Å². The Hall–Kier alpha value is -1.61. The van der Waals surface area contributed by atoms with Crippen molar-refractivity contribution in [2.75, 3.05) is 13.2 Å². The second-order valence-corrected chi connectivity index (χ2v) is 6.39. The van der Waals surface area contributed by atoms with Gasteiger partial charge in [-0.2, -0.15) is 26.3 Å². The maximum absolute atomic E-state index is 12.9. The van der Waals surface area contributed by atoms with Crippen LogP contribution in [0.4, 0.5) is 26.3 Å². The van der Waals surface area contributed by atoms with Crippen molar-refractivity contribution < 1.29 is 40.6 Å². The molecule has 1 heterocycles. The number of hydrogen-bond acceptors (Lipinski definition) is 3. The summed E-state index contributed by atoms with van der Waals surface area (Å²) in [5.41, 5.74) is -3.15. The molecule has 0 aromatic heterocycles. The maximum Gasteiger partial charge on any atom is 0.416 e. The van der Waals surface area contributed by atoms with Gasteiger partial charge in [-0.25, -0.2) is 0 Å². The van der Waals surface area contributed by atoms with Gasteiger partial charge in [0.2, 0.25) is 0 Å². The number of rotatable bonds is 7. The van der Waals surface area contributed by atoms with Crippen LogP contribution in [0.1, 0.15) is 54.7 Å². The van der Waals surface area contributed by atoms with E-state index in [1.54, 1.807) is 0 Å². The zero-order valence-corrected chi connectivity index (χ0v) is 14.4. The lowest BCUT2D eigenvalue weighted by atomic mass is 9.92. The molecule has 152 valence electrons. The fourth-order valence-corrected chi connectivity index (χ4v) is 2.87. The van der Waals surface area contributed by atoms with Crippen LogP contribution in [-0.4, -0.2) is 25.8 Å². The monoisotopic (exact) mass is 398 g/mol. The summed E-state index contributed by atoms with van der Waals surface area (Å²) in [6.45, 7) is 0.798. The predicted molar refractivity (Wildman–Crippen MR) is 84.0 cm³/mol. The van der Waals surface area contributed by atoms with Gasteiger partial charge in [0.1, 0.15) is 6.29 Å². The first-order chi connectivity index (χ1) is 12.6. The highest BCUT2D eigenvalue weighted by atomic mass is 19.4. The van der Waals surface area contributed by atoms with E-state index in [1.165, 1.54) is 0 Å². The molecule has 2 atom stereocenters. The van der Waals surface area contributed by atoms with Crippen molar-refractivity contribution in [3.63, 3.8) is 0 Å². The lowest BCUT2D eigenvalue weighted by Gasteiger charge is -2.23.